The summed E-state index contributed by atoms with van der Waals surface area (Å²) in [5, 5.41) is 7.21. The van der Waals surface area contributed by atoms with Crippen LogP contribution in [0.15, 0.2) is 0 Å². The minimum absolute atomic E-state index is 0.118. The second-order valence-electron chi connectivity index (χ2n) is 16.9. The second-order valence-corrected chi connectivity index (χ2v) is 17.2. The van der Waals surface area contributed by atoms with Gasteiger partial charge in [0.1, 0.15) is 0 Å². The number of amides is 2. The lowest BCUT2D eigenvalue weighted by atomic mass is 9.90. The van der Waals surface area contributed by atoms with E-state index < -0.39 is 11.1 Å². The van der Waals surface area contributed by atoms with Crippen LogP contribution in [0, 0.1) is 0 Å². The Morgan fingerprint density at radius 3 is 1.36 bits per heavy atom. The average Bonchev–Trinajstić information content (AvgIpc) is 2.98. The molecule has 47 heavy (non-hydrogen) atoms. The van der Waals surface area contributed by atoms with Crippen LogP contribution in [0.3, 0.4) is 0 Å². The molecule has 11 nitrogen and oxygen atoms in total. The van der Waals surface area contributed by atoms with Gasteiger partial charge in [-0.3, -0.25) is 20.2 Å². The van der Waals surface area contributed by atoms with Gasteiger partial charge in [0.25, 0.3) is 0 Å². The van der Waals surface area contributed by atoms with Crippen molar-refractivity contribution in [2.75, 3.05) is 49.1 Å². The standard InChI is InChI=1S/C35H60ClN9O2/c1-32(2)23-42(27(46)34(5,6)40-32)19-21-44(25-15-11-9-12-16-25)30-37-29(36)38-31(39-30)45(26-17-13-10-14-18-26)22-20-43-24-33(3,4)41-35(7,8)28(43)47/h25-26,40-41H,9-24H2,1-8H3. The van der Waals surface area contributed by atoms with Crippen LogP contribution in [0.4, 0.5) is 11.9 Å². The van der Waals surface area contributed by atoms with Crippen molar-refractivity contribution in [2.45, 2.75) is 154 Å². The Bertz CT molecular complexity index is 1180. The SMILES string of the molecule is CC1(C)CN(CCN(c2nc(Cl)nc(N(CCN3CC(C)(C)NC(C)(C)C3=O)C3CCCCC3)n2)C2CCCCC2)C(=O)C(C)(C)N1. The van der Waals surface area contributed by atoms with Crippen LogP contribution in [-0.4, -0.2) is 110 Å². The zero-order valence-corrected chi connectivity index (χ0v) is 31.0. The number of halogens is 1. The maximum atomic E-state index is 13.5. The molecule has 2 aliphatic heterocycles. The molecule has 2 saturated heterocycles. The molecule has 2 amide bonds. The highest BCUT2D eigenvalue weighted by atomic mass is 35.5. The zero-order valence-electron chi connectivity index (χ0n) is 30.3. The molecule has 0 radical (unpaired) electrons. The van der Waals surface area contributed by atoms with E-state index in [2.05, 4.69) is 48.1 Å². The molecule has 0 aromatic carbocycles. The highest BCUT2D eigenvalue weighted by molar-refractivity contribution is 6.28. The number of nitrogens with zero attached hydrogens (tertiary/aromatic N) is 7. The van der Waals surface area contributed by atoms with Gasteiger partial charge in [-0.25, -0.2) is 0 Å². The van der Waals surface area contributed by atoms with Gasteiger partial charge in [0.15, 0.2) is 0 Å². The molecule has 3 heterocycles. The van der Waals surface area contributed by atoms with Crippen molar-refractivity contribution in [1.29, 1.82) is 0 Å². The first-order valence-electron chi connectivity index (χ1n) is 18.1. The Morgan fingerprint density at radius 1 is 0.638 bits per heavy atom. The van der Waals surface area contributed by atoms with E-state index in [0.29, 0.717) is 51.2 Å². The van der Waals surface area contributed by atoms with Gasteiger partial charge in [0, 0.05) is 62.4 Å². The fourth-order valence-electron chi connectivity index (χ4n) is 8.85. The Labute approximate surface area is 288 Å². The van der Waals surface area contributed by atoms with E-state index in [0.717, 1.165) is 25.7 Å². The van der Waals surface area contributed by atoms with E-state index in [1.54, 1.807) is 0 Å². The predicted molar refractivity (Wildman–Crippen MR) is 189 cm³/mol. The first-order chi connectivity index (χ1) is 22.0. The van der Waals surface area contributed by atoms with Crippen molar-refractivity contribution >= 4 is 35.3 Å². The summed E-state index contributed by atoms with van der Waals surface area (Å²) in [6, 6.07) is 0.556. The summed E-state index contributed by atoms with van der Waals surface area (Å²) < 4.78 is 0. The number of hydrogen-bond acceptors (Lipinski definition) is 9. The van der Waals surface area contributed by atoms with Crippen molar-refractivity contribution in [3.63, 3.8) is 0 Å². The smallest absolute Gasteiger partial charge is 0.242 e. The molecule has 0 atom stereocenters. The molecule has 1 aromatic heterocycles. The molecule has 5 rings (SSSR count). The van der Waals surface area contributed by atoms with Crippen LogP contribution in [0.2, 0.25) is 5.28 Å². The van der Waals surface area contributed by atoms with E-state index in [1.807, 2.05) is 37.5 Å². The van der Waals surface area contributed by atoms with Gasteiger partial charge in [0.2, 0.25) is 29.0 Å². The number of rotatable bonds is 10. The van der Waals surface area contributed by atoms with Crippen LogP contribution in [0.5, 0.6) is 0 Å². The number of aromatic nitrogens is 3. The Balaban J connectivity index is 1.42. The number of hydrogen-bond donors (Lipinski definition) is 2. The van der Waals surface area contributed by atoms with E-state index in [-0.39, 0.29) is 40.3 Å². The molecule has 4 fully saturated rings. The van der Waals surface area contributed by atoms with E-state index in [4.69, 9.17) is 26.6 Å². The number of nitrogens with one attached hydrogen (secondary N) is 2. The molecular weight excluding hydrogens is 614 g/mol. The summed E-state index contributed by atoms with van der Waals surface area (Å²) in [6.45, 7) is 20.2. The molecule has 12 heteroatoms. The highest BCUT2D eigenvalue weighted by Crippen LogP contribution is 2.31. The van der Waals surface area contributed by atoms with Crippen molar-refractivity contribution in [3.8, 4) is 0 Å². The molecule has 2 N–H and O–H groups in total. The quantitative estimate of drug-likeness (QED) is 0.363. The van der Waals surface area contributed by atoms with E-state index in [9.17, 15) is 9.59 Å². The summed E-state index contributed by atoms with van der Waals surface area (Å²) in [4.78, 5) is 50.2. The van der Waals surface area contributed by atoms with Crippen molar-refractivity contribution < 1.29 is 9.59 Å². The minimum Gasteiger partial charge on any atom is -0.338 e. The fourth-order valence-corrected chi connectivity index (χ4v) is 9.00. The van der Waals surface area contributed by atoms with Crippen molar-refractivity contribution in [3.05, 3.63) is 5.28 Å². The number of piperazine rings is 2. The molecular formula is C35H60ClN9O2. The first kappa shape index (κ1) is 36.1. The molecule has 4 aliphatic rings. The third-order valence-corrected chi connectivity index (χ3v) is 10.6. The van der Waals surface area contributed by atoms with Gasteiger partial charge in [-0.15, -0.1) is 0 Å². The molecule has 1 aromatic rings. The number of anilines is 2. The lowest BCUT2D eigenvalue weighted by Gasteiger charge is -2.48. The van der Waals surface area contributed by atoms with Crippen LogP contribution in [0.1, 0.15) is 120 Å². The number of carbonyl (C=O) groups excluding carboxylic acids is 2. The molecule has 0 spiro atoms. The van der Waals surface area contributed by atoms with Crippen molar-refractivity contribution in [1.82, 2.24) is 35.4 Å². The summed E-state index contributed by atoms with van der Waals surface area (Å²) in [7, 11) is 0. The minimum atomic E-state index is -0.627. The molecule has 0 unspecified atom stereocenters. The van der Waals surface area contributed by atoms with E-state index >= 15 is 0 Å². The normalized spacial score (nSPS) is 24.8. The van der Waals surface area contributed by atoms with Gasteiger partial charge >= 0.3 is 0 Å². The monoisotopic (exact) mass is 673 g/mol. The summed E-state index contributed by atoms with van der Waals surface area (Å²) in [5.41, 5.74) is -1.63. The number of carbonyl (C=O) groups is 2. The highest BCUT2D eigenvalue weighted by Gasteiger charge is 2.45. The van der Waals surface area contributed by atoms with E-state index in [1.165, 1.54) is 38.5 Å². The van der Waals surface area contributed by atoms with Gasteiger partial charge in [-0.05, 0) is 92.7 Å². The summed E-state index contributed by atoms with van der Waals surface area (Å²) >= 11 is 6.75. The van der Waals surface area contributed by atoms with Gasteiger partial charge in [-0.2, -0.15) is 15.0 Å². The topological polar surface area (TPSA) is 110 Å². The zero-order chi connectivity index (χ0) is 34.2. The first-order valence-corrected chi connectivity index (χ1v) is 18.5. The lowest BCUT2D eigenvalue weighted by molar-refractivity contribution is -0.143. The van der Waals surface area contributed by atoms with Crippen LogP contribution in [0.25, 0.3) is 0 Å². The largest absolute Gasteiger partial charge is 0.338 e. The van der Waals surface area contributed by atoms with Crippen LogP contribution < -0.4 is 20.4 Å². The Morgan fingerprint density at radius 2 is 1.00 bits per heavy atom. The van der Waals surface area contributed by atoms with Crippen LogP contribution >= 0.6 is 11.6 Å². The molecule has 2 saturated carbocycles. The second kappa shape index (κ2) is 13.9. The Kier molecular flexibility index (Phi) is 10.7. The fraction of sp³-hybridized carbons (Fsp3) is 0.857. The third kappa shape index (κ3) is 8.68. The summed E-state index contributed by atoms with van der Waals surface area (Å²) in [6.07, 6.45) is 11.4. The molecule has 264 valence electrons. The van der Waals surface area contributed by atoms with Gasteiger partial charge in [-0.1, -0.05) is 38.5 Å². The third-order valence-electron chi connectivity index (χ3n) is 10.5. The van der Waals surface area contributed by atoms with Crippen molar-refractivity contribution in [2.24, 2.45) is 0 Å². The predicted octanol–water partition coefficient (Wildman–Crippen LogP) is 4.78. The van der Waals surface area contributed by atoms with Gasteiger partial charge in [0.05, 0.1) is 11.1 Å². The maximum absolute atomic E-state index is 13.5. The lowest BCUT2D eigenvalue weighted by Crippen LogP contribution is -2.70. The maximum Gasteiger partial charge on any atom is 0.242 e. The van der Waals surface area contributed by atoms with Gasteiger partial charge < -0.3 is 19.6 Å². The summed E-state index contributed by atoms with van der Waals surface area (Å²) in [5.74, 6) is 1.42. The van der Waals surface area contributed by atoms with Crippen LogP contribution in [-0.2, 0) is 9.59 Å². The molecule has 2 aliphatic carbocycles. The average molecular weight is 674 g/mol. The Hall–Kier alpha value is -2.24. The molecule has 0 bridgehead atoms.